The number of ether oxygens (including phenoxy) is 1. The molecule has 0 saturated carbocycles. The molecule has 0 aromatic carbocycles. The van der Waals surface area contributed by atoms with E-state index >= 15 is 0 Å². The summed E-state index contributed by atoms with van der Waals surface area (Å²) in [5.74, 6) is -0.103. The number of allylic oxidation sites excluding steroid dienone is 3. The van der Waals surface area contributed by atoms with Crippen molar-refractivity contribution in [1.29, 1.82) is 0 Å². The van der Waals surface area contributed by atoms with Crippen LogP contribution in [-0.4, -0.2) is 23.2 Å². The van der Waals surface area contributed by atoms with Crippen molar-refractivity contribution >= 4 is 17.6 Å². The lowest BCUT2D eigenvalue weighted by atomic mass is 10.3. The molecule has 1 unspecified atom stereocenters. The van der Waals surface area contributed by atoms with Gasteiger partial charge >= 0.3 is 5.97 Å². The van der Waals surface area contributed by atoms with Gasteiger partial charge < -0.3 is 9.84 Å². The third kappa shape index (κ3) is 7.83. The molecule has 0 heterocycles. The van der Waals surface area contributed by atoms with Crippen LogP contribution in [0.25, 0.3) is 0 Å². The van der Waals surface area contributed by atoms with E-state index in [1.54, 1.807) is 18.2 Å². The maximum absolute atomic E-state index is 11.0. The predicted octanol–water partition coefficient (Wildman–Crippen LogP) is 2.00. The van der Waals surface area contributed by atoms with E-state index in [1.165, 1.54) is 6.08 Å². The molecule has 0 aromatic heterocycles. The number of halogens is 1. The third-order valence-corrected chi connectivity index (χ3v) is 1.64. The van der Waals surface area contributed by atoms with Crippen molar-refractivity contribution in [3.8, 4) is 0 Å². The molecular weight excluding hydrogens is 204 g/mol. The average molecular weight is 219 g/mol. The second-order valence-corrected chi connectivity index (χ2v) is 2.99. The number of carbonyl (C=O) groups is 1. The summed E-state index contributed by atoms with van der Waals surface area (Å²) in [4.78, 5) is 11.0. The molecular formula is C10H15ClO3. The standard InChI is InChI=1S/C10H15ClO3/c1-2-3-4-6-9(12)14-10(13)7-5-8-11/h2-4,6,10,13H,5,7-8H2,1H3/b3-2+,6-4+. The first-order valence-corrected chi connectivity index (χ1v) is 4.98. The fourth-order valence-electron chi connectivity index (χ4n) is 0.729. The van der Waals surface area contributed by atoms with Gasteiger partial charge in [-0.15, -0.1) is 11.6 Å². The molecule has 0 aliphatic rings. The van der Waals surface area contributed by atoms with Gasteiger partial charge in [-0.3, -0.25) is 0 Å². The number of carbonyl (C=O) groups excluding carboxylic acids is 1. The van der Waals surface area contributed by atoms with Crippen LogP contribution in [0.15, 0.2) is 24.3 Å². The number of hydrogen-bond acceptors (Lipinski definition) is 3. The zero-order chi connectivity index (χ0) is 10.8. The quantitative estimate of drug-likeness (QED) is 0.244. The van der Waals surface area contributed by atoms with Gasteiger partial charge in [-0.2, -0.15) is 0 Å². The Morgan fingerprint density at radius 1 is 1.57 bits per heavy atom. The molecule has 0 aromatic rings. The van der Waals surface area contributed by atoms with Gasteiger partial charge in [0.15, 0.2) is 0 Å². The van der Waals surface area contributed by atoms with Crippen LogP contribution in [0.1, 0.15) is 19.8 Å². The maximum Gasteiger partial charge on any atom is 0.333 e. The van der Waals surface area contributed by atoms with Gasteiger partial charge in [0, 0.05) is 18.4 Å². The predicted molar refractivity (Wildman–Crippen MR) is 56.0 cm³/mol. The summed E-state index contributed by atoms with van der Waals surface area (Å²) in [5, 5.41) is 9.15. The number of esters is 1. The Bertz CT molecular complexity index is 211. The first-order chi connectivity index (χ1) is 6.70. The summed E-state index contributed by atoms with van der Waals surface area (Å²) in [6, 6.07) is 0. The van der Waals surface area contributed by atoms with Crippen LogP contribution in [-0.2, 0) is 9.53 Å². The van der Waals surface area contributed by atoms with Gasteiger partial charge in [0.05, 0.1) is 0 Å². The van der Waals surface area contributed by atoms with Crippen LogP contribution in [0.5, 0.6) is 0 Å². The van der Waals surface area contributed by atoms with Gasteiger partial charge in [-0.1, -0.05) is 18.2 Å². The second-order valence-electron chi connectivity index (χ2n) is 2.61. The molecule has 0 radical (unpaired) electrons. The SMILES string of the molecule is C/C=C/C=C/C(=O)OC(O)CCCCl. The van der Waals surface area contributed by atoms with E-state index in [-0.39, 0.29) is 0 Å². The molecule has 3 nitrogen and oxygen atoms in total. The van der Waals surface area contributed by atoms with Crippen LogP contribution < -0.4 is 0 Å². The van der Waals surface area contributed by atoms with Crippen molar-refractivity contribution in [1.82, 2.24) is 0 Å². The number of aliphatic hydroxyl groups excluding tert-OH is 1. The van der Waals surface area contributed by atoms with Crippen LogP contribution in [0.3, 0.4) is 0 Å². The Hall–Kier alpha value is -0.800. The van der Waals surface area contributed by atoms with Crippen LogP contribution in [0, 0.1) is 0 Å². The molecule has 4 heteroatoms. The van der Waals surface area contributed by atoms with Crippen LogP contribution >= 0.6 is 11.6 Å². The molecule has 0 aliphatic carbocycles. The van der Waals surface area contributed by atoms with E-state index in [1.807, 2.05) is 6.92 Å². The normalized spacial score (nSPS) is 13.6. The third-order valence-electron chi connectivity index (χ3n) is 1.37. The van der Waals surface area contributed by atoms with E-state index in [0.29, 0.717) is 18.7 Å². The minimum absolute atomic E-state index is 0.368. The van der Waals surface area contributed by atoms with E-state index in [4.69, 9.17) is 16.7 Å². The Morgan fingerprint density at radius 3 is 2.86 bits per heavy atom. The van der Waals surface area contributed by atoms with E-state index in [0.717, 1.165) is 0 Å². The number of aliphatic hydroxyl groups is 1. The molecule has 0 rings (SSSR count). The minimum Gasteiger partial charge on any atom is -0.433 e. The zero-order valence-corrected chi connectivity index (χ0v) is 8.91. The lowest BCUT2D eigenvalue weighted by Gasteiger charge is -2.08. The average Bonchev–Trinajstić information content (AvgIpc) is 2.15. The Morgan fingerprint density at radius 2 is 2.29 bits per heavy atom. The summed E-state index contributed by atoms with van der Waals surface area (Å²) in [5.41, 5.74) is 0. The minimum atomic E-state index is -1.06. The van der Waals surface area contributed by atoms with Crippen LogP contribution in [0.2, 0.25) is 0 Å². The van der Waals surface area contributed by atoms with Gasteiger partial charge in [-0.25, -0.2) is 4.79 Å². The van der Waals surface area contributed by atoms with Crippen LogP contribution in [0.4, 0.5) is 0 Å². The number of hydrogen-bond donors (Lipinski definition) is 1. The molecule has 1 N–H and O–H groups in total. The topological polar surface area (TPSA) is 46.5 Å². The van der Waals surface area contributed by atoms with E-state index in [9.17, 15) is 4.79 Å². The summed E-state index contributed by atoms with van der Waals surface area (Å²) < 4.78 is 4.64. The Kier molecular flexibility index (Phi) is 8.28. The second kappa shape index (κ2) is 8.78. The molecule has 0 saturated heterocycles. The van der Waals surface area contributed by atoms with E-state index < -0.39 is 12.3 Å². The Balaban J connectivity index is 3.70. The van der Waals surface area contributed by atoms with Crippen molar-refractivity contribution in [2.24, 2.45) is 0 Å². The monoisotopic (exact) mass is 218 g/mol. The molecule has 0 aliphatic heterocycles. The summed E-state index contributed by atoms with van der Waals surface area (Å²) in [6.45, 7) is 1.84. The van der Waals surface area contributed by atoms with Crippen molar-refractivity contribution in [3.05, 3.63) is 24.3 Å². The molecule has 80 valence electrons. The van der Waals surface area contributed by atoms with E-state index in [2.05, 4.69) is 4.74 Å². The summed E-state index contributed by atoms with van der Waals surface area (Å²) >= 11 is 5.41. The highest BCUT2D eigenvalue weighted by Crippen LogP contribution is 2.01. The van der Waals surface area contributed by atoms with Crippen molar-refractivity contribution in [2.75, 3.05) is 5.88 Å². The largest absolute Gasteiger partial charge is 0.433 e. The molecule has 0 bridgehead atoms. The molecule has 0 spiro atoms. The lowest BCUT2D eigenvalue weighted by molar-refractivity contribution is -0.162. The van der Waals surface area contributed by atoms with Gasteiger partial charge in [0.1, 0.15) is 0 Å². The highest BCUT2D eigenvalue weighted by molar-refractivity contribution is 6.17. The van der Waals surface area contributed by atoms with Crippen molar-refractivity contribution < 1.29 is 14.6 Å². The van der Waals surface area contributed by atoms with Gasteiger partial charge in [0.2, 0.25) is 6.29 Å². The highest BCUT2D eigenvalue weighted by atomic mass is 35.5. The molecule has 1 atom stereocenters. The highest BCUT2D eigenvalue weighted by Gasteiger charge is 2.06. The first-order valence-electron chi connectivity index (χ1n) is 4.44. The van der Waals surface area contributed by atoms with Crippen molar-refractivity contribution in [3.63, 3.8) is 0 Å². The van der Waals surface area contributed by atoms with Crippen molar-refractivity contribution in [2.45, 2.75) is 26.1 Å². The van der Waals surface area contributed by atoms with Gasteiger partial charge in [-0.05, 0) is 13.3 Å². The fourth-order valence-corrected chi connectivity index (χ4v) is 0.884. The molecule has 0 amide bonds. The first kappa shape index (κ1) is 13.2. The summed E-state index contributed by atoms with van der Waals surface area (Å²) in [7, 11) is 0. The lowest BCUT2D eigenvalue weighted by Crippen LogP contribution is -2.15. The zero-order valence-electron chi connectivity index (χ0n) is 8.15. The Labute approximate surface area is 89.0 Å². The smallest absolute Gasteiger partial charge is 0.333 e. The molecule has 14 heavy (non-hydrogen) atoms. The molecule has 0 fully saturated rings. The fraction of sp³-hybridized carbons (Fsp3) is 0.500. The number of rotatable bonds is 6. The van der Waals surface area contributed by atoms with Gasteiger partial charge in [0.25, 0.3) is 0 Å². The maximum atomic E-state index is 11.0. The summed E-state index contributed by atoms with van der Waals surface area (Å²) in [6.07, 6.45) is 6.22. The number of alkyl halides is 1.